The molecule has 0 aliphatic carbocycles. The van der Waals surface area contributed by atoms with E-state index in [0.29, 0.717) is 6.04 Å². The van der Waals surface area contributed by atoms with Crippen LogP contribution < -0.4 is 5.32 Å². The van der Waals surface area contributed by atoms with E-state index in [9.17, 15) is 0 Å². The second kappa shape index (κ2) is 7.97. The zero-order chi connectivity index (χ0) is 15.2. The van der Waals surface area contributed by atoms with Gasteiger partial charge in [-0.3, -0.25) is 4.90 Å². The molecule has 1 N–H and O–H groups in total. The van der Waals surface area contributed by atoms with Crippen LogP contribution in [-0.2, 0) is 17.8 Å². The molecule has 2 heterocycles. The van der Waals surface area contributed by atoms with Gasteiger partial charge in [-0.2, -0.15) is 0 Å². The molecule has 4 nitrogen and oxygen atoms in total. The molecule has 1 aliphatic rings. The predicted molar refractivity (Wildman–Crippen MR) is 85.3 cm³/mol. The van der Waals surface area contributed by atoms with Gasteiger partial charge in [-0.25, -0.2) is 0 Å². The monoisotopic (exact) mass is 294 g/mol. The van der Waals surface area contributed by atoms with Crippen molar-refractivity contribution < 1.29 is 9.15 Å². The Morgan fingerprint density at radius 3 is 2.71 bits per heavy atom. The number of rotatable bonds is 7. The van der Waals surface area contributed by atoms with Gasteiger partial charge in [-0.1, -0.05) is 13.8 Å². The molecular formula is C17H30N2O2. The van der Waals surface area contributed by atoms with Gasteiger partial charge in [0.1, 0.15) is 11.5 Å². The van der Waals surface area contributed by atoms with Gasteiger partial charge in [-0.05, 0) is 38.8 Å². The molecule has 120 valence electrons. The number of aryl methyl sites for hydroxylation is 1. The molecule has 4 heteroatoms. The van der Waals surface area contributed by atoms with E-state index in [2.05, 4.69) is 44.1 Å². The molecule has 0 saturated carbocycles. The van der Waals surface area contributed by atoms with Crippen molar-refractivity contribution in [3.63, 3.8) is 0 Å². The van der Waals surface area contributed by atoms with Crippen LogP contribution in [0.3, 0.4) is 0 Å². The number of ether oxygens (including phenoxy) is 1. The Labute approximate surface area is 128 Å². The highest BCUT2D eigenvalue weighted by molar-refractivity contribution is 5.20. The minimum absolute atomic E-state index is 0.499. The highest BCUT2D eigenvalue weighted by atomic mass is 16.5. The molecule has 1 aliphatic heterocycles. The fourth-order valence-electron chi connectivity index (χ4n) is 2.86. The first-order valence-corrected chi connectivity index (χ1v) is 8.12. The molecule has 1 fully saturated rings. The summed E-state index contributed by atoms with van der Waals surface area (Å²) in [5.41, 5.74) is 1.28. The van der Waals surface area contributed by atoms with E-state index < -0.39 is 0 Å². The van der Waals surface area contributed by atoms with Crippen LogP contribution in [0.15, 0.2) is 10.5 Å². The molecule has 0 atom stereocenters. The lowest BCUT2D eigenvalue weighted by Crippen LogP contribution is -2.29. The summed E-state index contributed by atoms with van der Waals surface area (Å²) >= 11 is 0. The maximum absolute atomic E-state index is 5.90. The third kappa shape index (κ3) is 5.46. The Bertz CT molecular complexity index is 422. The van der Waals surface area contributed by atoms with E-state index in [4.69, 9.17) is 9.15 Å². The number of furan rings is 1. The highest BCUT2D eigenvalue weighted by Gasteiger charge is 2.17. The van der Waals surface area contributed by atoms with Gasteiger partial charge < -0.3 is 14.5 Å². The number of nitrogens with zero attached hydrogens (tertiary/aromatic N) is 1. The zero-order valence-electron chi connectivity index (χ0n) is 13.9. The van der Waals surface area contributed by atoms with Gasteiger partial charge in [0.25, 0.3) is 0 Å². The minimum Gasteiger partial charge on any atom is -0.465 e. The zero-order valence-corrected chi connectivity index (χ0v) is 13.9. The molecule has 1 saturated heterocycles. The molecule has 0 bridgehead atoms. The van der Waals surface area contributed by atoms with Gasteiger partial charge in [-0.15, -0.1) is 0 Å². The Hall–Kier alpha value is -0.840. The van der Waals surface area contributed by atoms with Crippen LogP contribution in [0.5, 0.6) is 0 Å². The summed E-state index contributed by atoms with van der Waals surface area (Å²) in [7, 11) is 2.18. The number of hydrogen-bond donors (Lipinski definition) is 1. The smallest absolute Gasteiger partial charge is 0.118 e. The molecule has 1 aromatic rings. The van der Waals surface area contributed by atoms with E-state index in [1.807, 2.05) is 0 Å². The SMILES string of the molecule is Cc1oc(CN(C)CC2CCOCC2)cc1CNC(C)C. The van der Waals surface area contributed by atoms with Crippen LogP contribution >= 0.6 is 0 Å². The number of nitrogens with one attached hydrogen (secondary N) is 1. The predicted octanol–water partition coefficient (Wildman–Crippen LogP) is 2.94. The normalized spacial score (nSPS) is 17.0. The van der Waals surface area contributed by atoms with E-state index in [0.717, 1.165) is 50.3 Å². The van der Waals surface area contributed by atoms with E-state index in [1.54, 1.807) is 0 Å². The average molecular weight is 294 g/mol. The van der Waals surface area contributed by atoms with Crippen LogP contribution in [0.4, 0.5) is 0 Å². The van der Waals surface area contributed by atoms with Crippen molar-refractivity contribution in [1.29, 1.82) is 0 Å². The Morgan fingerprint density at radius 1 is 1.33 bits per heavy atom. The van der Waals surface area contributed by atoms with Gasteiger partial charge in [0.05, 0.1) is 6.54 Å². The molecule has 0 aromatic carbocycles. The van der Waals surface area contributed by atoms with Crippen LogP contribution in [0, 0.1) is 12.8 Å². The lowest BCUT2D eigenvalue weighted by Gasteiger charge is -2.26. The van der Waals surface area contributed by atoms with E-state index in [1.165, 1.54) is 18.4 Å². The summed E-state index contributed by atoms with van der Waals surface area (Å²) in [6, 6.07) is 2.70. The minimum atomic E-state index is 0.499. The first-order valence-electron chi connectivity index (χ1n) is 8.12. The van der Waals surface area contributed by atoms with Crippen molar-refractivity contribution >= 4 is 0 Å². The third-order valence-corrected chi connectivity index (χ3v) is 4.11. The van der Waals surface area contributed by atoms with Crippen LogP contribution in [0.2, 0.25) is 0 Å². The summed E-state index contributed by atoms with van der Waals surface area (Å²) in [5.74, 6) is 2.88. The van der Waals surface area contributed by atoms with Gasteiger partial charge in [0.2, 0.25) is 0 Å². The van der Waals surface area contributed by atoms with Crippen LogP contribution in [0.25, 0.3) is 0 Å². The third-order valence-electron chi connectivity index (χ3n) is 4.11. The van der Waals surface area contributed by atoms with Crippen molar-refractivity contribution in [2.24, 2.45) is 5.92 Å². The summed E-state index contributed by atoms with van der Waals surface area (Å²) in [6.07, 6.45) is 2.37. The van der Waals surface area contributed by atoms with Crippen molar-refractivity contribution in [1.82, 2.24) is 10.2 Å². The standard InChI is InChI=1S/C17H30N2O2/c1-13(2)18-10-16-9-17(21-14(16)3)12-19(4)11-15-5-7-20-8-6-15/h9,13,15,18H,5-8,10-12H2,1-4H3. The van der Waals surface area contributed by atoms with E-state index >= 15 is 0 Å². The topological polar surface area (TPSA) is 37.6 Å². The van der Waals surface area contributed by atoms with Crippen molar-refractivity contribution in [3.05, 3.63) is 23.2 Å². The second-order valence-corrected chi connectivity index (χ2v) is 6.58. The fraction of sp³-hybridized carbons (Fsp3) is 0.765. The first kappa shape index (κ1) is 16.5. The lowest BCUT2D eigenvalue weighted by molar-refractivity contribution is 0.0542. The molecule has 0 radical (unpaired) electrons. The Morgan fingerprint density at radius 2 is 2.05 bits per heavy atom. The van der Waals surface area contributed by atoms with Crippen LogP contribution in [0.1, 0.15) is 43.8 Å². The second-order valence-electron chi connectivity index (χ2n) is 6.58. The largest absolute Gasteiger partial charge is 0.465 e. The quantitative estimate of drug-likeness (QED) is 0.839. The molecule has 0 unspecified atom stereocenters. The van der Waals surface area contributed by atoms with Gasteiger partial charge in [0.15, 0.2) is 0 Å². The fourth-order valence-corrected chi connectivity index (χ4v) is 2.86. The lowest BCUT2D eigenvalue weighted by atomic mass is 10.00. The summed E-state index contributed by atoms with van der Waals surface area (Å²) in [6.45, 7) is 11.1. The molecule has 1 aromatic heterocycles. The summed E-state index contributed by atoms with van der Waals surface area (Å²) < 4.78 is 11.3. The van der Waals surface area contributed by atoms with Gasteiger partial charge in [0, 0.05) is 37.9 Å². The Balaban J connectivity index is 1.82. The maximum Gasteiger partial charge on any atom is 0.118 e. The molecule has 0 spiro atoms. The highest BCUT2D eigenvalue weighted by Crippen LogP contribution is 2.19. The maximum atomic E-state index is 5.90. The Kier molecular flexibility index (Phi) is 6.27. The number of hydrogen-bond acceptors (Lipinski definition) is 4. The molecule has 2 rings (SSSR count). The van der Waals surface area contributed by atoms with Crippen LogP contribution in [-0.4, -0.2) is 37.7 Å². The van der Waals surface area contributed by atoms with Gasteiger partial charge >= 0.3 is 0 Å². The summed E-state index contributed by atoms with van der Waals surface area (Å²) in [5, 5.41) is 3.45. The summed E-state index contributed by atoms with van der Waals surface area (Å²) in [4.78, 5) is 2.37. The average Bonchev–Trinajstić information content (AvgIpc) is 2.77. The van der Waals surface area contributed by atoms with Crippen molar-refractivity contribution in [3.8, 4) is 0 Å². The molecule has 21 heavy (non-hydrogen) atoms. The van der Waals surface area contributed by atoms with Crippen molar-refractivity contribution in [2.45, 2.75) is 52.7 Å². The molecule has 0 amide bonds. The van der Waals surface area contributed by atoms with E-state index in [-0.39, 0.29) is 0 Å². The first-order chi connectivity index (χ1) is 10.0. The van der Waals surface area contributed by atoms with Crippen molar-refractivity contribution in [2.75, 3.05) is 26.8 Å². The molecular weight excluding hydrogens is 264 g/mol.